The summed E-state index contributed by atoms with van der Waals surface area (Å²) in [5.74, 6) is 0.561. The smallest absolute Gasteiger partial charge is 0.177 e. The molecule has 0 atom stereocenters. The van der Waals surface area contributed by atoms with Crippen LogP contribution in [0, 0.1) is 0 Å². The van der Waals surface area contributed by atoms with Crippen LogP contribution in [-0.2, 0) is 9.84 Å². The van der Waals surface area contributed by atoms with Crippen LogP contribution in [0.15, 0.2) is 41.3 Å². The van der Waals surface area contributed by atoms with Crippen molar-refractivity contribution in [2.75, 3.05) is 12.0 Å². The number of para-hydroxylation sites is 1. The molecule has 0 bridgehead atoms. The lowest BCUT2D eigenvalue weighted by Gasteiger charge is -2.12. The second-order valence-corrected chi connectivity index (χ2v) is 6.94. The number of ether oxygens (including phenoxy) is 1. The van der Waals surface area contributed by atoms with Crippen molar-refractivity contribution in [3.63, 3.8) is 0 Å². The molecule has 20 heavy (non-hydrogen) atoms. The van der Waals surface area contributed by atoms with E-state index in [4.69, 9.17) is 33.7 Å². The molecule has 106 valence electrons. The van der Waals surface area contributed by atoms with Gasteiger partial charge < -0.3 is 10.5 Å². The number of rotatable bonds is 3. The Morgan fingerprint density at radius 2 is 1.80 bits per heavy atom. The maximum atomic E-state index is 11.6. The summed E-state index contributed by atoms with van der Waals surface area (Å²) in [5, 5.41) is 0.780. The number of benzene rings is 2. The summed E-state index contributed by atoms with van der Waals surface area (Å²) in [6.45, 7) is 0. The zero-order valence-electron chi connectivity index (χ0n) is 10.4. The van der Waals surface area contributed by atoms with Crippen LogP contribution in [0.1, 0.15) is 0 Å². The Labute approximate surface area is 127 Å². The third kappa shape index (κ3) is 3.17. The molecule has 0 aliphatic carbocycles. The molecule has 0 aliphatic heterocycles. The molecule has 0 unspecified atom stereocenters. The van der Waals surface area contributed by atoms with Gasteiger partial charge in [-0.25, -0.2) is 8.42 Å². The Hall–Kier alpha value is -1.43. The SMILES string of the molecule is CS(=O)(=O)c1cccc(Oc2ccc(Cl)cc2Cl)c1N. The summed E-state index contributed by atoms with van der Waals surface area (Å²) in [4.78, 5) is 0.0140. The molecule has 4 nitrogen and oxygen atoms in total. The monoisotopic (exact) mass is 331 g/mol. The van der Waals surface area contributed by atoms with E-state index < -0.39 is 9.84 Å². The topological polar surface area (TPSA) is 69.4 Å². The lowest BCUT2D eigenvalue weighted by atomic mass is 10.3. The molecule has 0 heterocycles. The first-order chi connectivity index (χ1) is 9.29. The van der Waals surface area contributed by atoms with Gasteiger partial charge in [0.15, 0.2) is 15.6 Å². The zero-order chi connectivity index (χ0) is 14.9. The van der Waals surface area contributed by atoms with Gasteiger partial charge in [0.1, 0.15) is 5.75 Å². The van der Waals surface area contributed by atoms with Crippen molar-refractivity contribution in [1.29, 1.82) is 0 Å². The fourth-order valence-corrected chi connectivity index (χ4v) is 2.89. The molecule has 0 aliphatic rings. The molecule has 0 spiro atoms. The van der Waals surface area contributed by atoms with Crippen molar-refractivity contribution < 1.29 is 13.2 Å². The van der Waals surface area contributed by atoms with Crippen LogP contribution in [-0.4, -0.2) is 14.7 Å². The van der Waals surface area contributed by atoms with Gasteiger partial charge in [-0.2, -0.15) is 0 Å². The van der Waals surface area contributed by atoms with E-state index in [9.17, 15) is 8.42 Å². The fourth-order valence-electron chi connectivity index (χ4n) is 1.61. The van der Waals surface area contributed by atoms with Gasteiger partial charge in [0, 0.05) is 11.3 Å². The van der Waals surface area contributed by atoms with Crippen molar-refractivity contribution in [1.82, 2.24) is 0 Å². The molecule has 2 aromatic rings. The predicted octanol–water partition coefficient (Wildman–Crippen LogP) is 3.77. The number of nitrogen functional groups attached to an aromatic ring is 1. The van der Waals surface area contributed by atoms with Gasteiger partial charge >= 0.3 is 0 Å². The average molecular weight is 332 g/mol. The Kier molecular flexibility index (Phi) is 4.13. The number of nitrogens with two attached hydrogens (primary N) is 1. The highest BCUT2D eigenvalue weighted by Gasteiger charge is 2.16. The number of halogens is 2. The van der Waals surface area contributed by atoms with Crippen molar-refractivity contribution >= 4 is 38.7 Å². The number of hydrogen-bond donors (Lipinski definition) is 1. The normalized spacial score (nSPS) is 11.3. The van der Waals surface area contributed by atoms with E-state index in [2.05, 4.69) is 0 Å². The number of sulfone groups is 1. The van der Waals surface area contributed by atoms with E-state index in [1.54, 1.807) is 24.3 Å². The molecule has 0 aromatic heterocycles. The predicted molar refractivity (Wildman–Crippen MR) is 80.5 cm³/mol. The molecule has 2 rings (SSSR count). The highest BCUT2D eigenvalue weighted by atomic mass is 35.5. The molecule has 2 N–H and O–H groups in total. The summed E-state index contributed by atoms with van der Waals surface area (Å²) in [7, 11) is -3.42. The lowest BCUT2D eigenvalue weighted by molar-refractivity contribution is 0.484. The molecule has 0 saturated heterocycles. The van der Waals surface area contributed by atoms with Crippen LogP contribution in [0.2, 0.25) is 10.0 Å². The van der Waals surface area contributed by atoms with Gasteiger partial charge in [-0.1, -0.05) is 29.3 Å². The first-order valence-electron chi connectivity index (χ1n) is 5.50. The molecule has 0 amide bonds. The van der Waals surface area contributed by atoms with E-state index in [0.717, 1.165) is 6.26 Å². The maximum Gasteiger partial charge on any atom is 0.177 e. The minimum atomic E-state index is -3.42. The van der Waals surface area contributed by atoms with E-state index in [0.29, 0.717) is 15.8 Å². The Morgan fingerprint density at radius 3 is 2.40 bits per heavy atom. The summed E-state index contributed by atoms with van der Waals surface area (Å²) < 4.78 is 28.7. The summed E-state index contributed by atoms with van der Waals surface area (Å²) in [6, 6.07) is 9.24. The van der Waals surface area contributed by atoms with Crippen molar-refractivity contribution in [3.8, 4) is 11.5 Å². The third-order valence-electron chi connectivity index (χ3n) is 2.54. The molecule has 2 aromatic carbocycles. The van der Waals surface area contributed by atoms with E-state index in [1.165, 1.54) is 12.1 Å². The quantitative estimate of drug-likeness (QED) is 0.869. The Morgan fingerprint density at radius 1 is 1.10 bits per heavy atom. The van der Waals surface area contributed by atoms with Crippen molar-refractivity contribution in [3.05, 3.63) is 46.4 Å². The minimum Gasteiger partial charge on any atom is -0.454 e. The first-order valence-corrected chi connectivity index (χ1v) is 8.15. The second kappa shape index (κ2) is 5.52. The largest absolute Gasteiger partial charge is 0.454 e. The summed E-state index contributed by atoms with van der Waals surface area (Å²) in [5.41, 5.74) is 5.87. The molecule has 0 radical (unpaired) electrons. The van der Waals surface area contributed by atoms with Gasteiger partial charge in [0.25, 0.3) is 0 Å². The van der Waals surface area contributed by atoms with Crippen molar-refractivity contribution in [2.24, 2.45) is 0 Å². The summed E-state index contributed by atoms with van der Waals surface area (Å²) in [6.07, 6.45) is 1.08. The fraction of sp³-hybridized carbons (Fsp3) is 0.0769. The number of anilines is 1. The maximum absolute atomic E-state index is 11.6. The Balaban J connectivity index is 2.45. The molecule has 0 fully saturated rings. The third-order valence-corrected chi connectivity index (χ3v) is 4.22. The second-order valence-electron chi connectivity index (χ2n) is 4.12. The van der Waals surface area contributed by atoms with Crippen LogP contribution in [0.4, 0.5) is 5.69 Å². The van der Waals surface area contributed by atoms with Gasteiger partial charge in [0.2, 0.25) is 0 Å². The standard InChI is InChI=1S/C13H11Cl2NO3S/c1-20(17,18)12-4-2-3-11(13(12)16)19-10-6-5-8(14)7-9(10)15/h2-7H,16H2,1H3. The van der Waals surface area contributed by atoms with Gasteiger partial charge in [-0.3, -0.25) is 0 Å². The van der Waals surface area contributed by atoms with E-state index >= 15 is 0 Å². The minimum absolute atomic E-state index is 0.0140. The van der Waals surface area contributed by atoms with Crippen LogP contribution in [0.5, 0.6) is 11.5 Å². The first kappa shape index (κ1) is 15.0. The molecular weight excluding hydrogens is 321 g/mol. The van der Waals surface area contributed by atoms with E-state index in [-0.39, 0.29) is 16.3 Å². The highest BCUT2D eigenvalue weighted by molar-refractivity contribution is 7.90. The van der Waals surface area contributed by atoms with E-state index in [1.807, 2.05) is 0 Å². The molecule has 0 saturated carbocycles. The van der Waals surface area contributed by atoms with Crippen LogP contribution < -0.4 is 10.5 Å². The lowest BCUT2D eigenvalue weighted by Crippen LogP contribution is -2.03. The van der Waals surface area contributed by atoms with Crippen LogP contribution in [0.3, 0.4) is 0 Å². The molecular formula is C13H11Cl2NO3S. The van der Waals surface area contributed by atoms with Crippen LogP contribution in [0.25, 0.3) is 0 Å². The van der Waals surface area contributed by atoms with Gasteiger partial charge in [-0.15, -0.1) is 0 Å². The zero-order valence-corrected chi connectivity index (χ0v) is 12.8. The van der Waals surface area contributed by atoms with Crippen LogP contribution >= 0.6 is 23.2 Å². The highest BCUT2D eigenvalue weighted by Crippen LogP contribution is 2.36. The van der Waals surface area contributed by atoms with Gasteiger partial charge in [0.05, 0.1) is 15.6 Å². The number of hydrogen-bond acceptors (Lipinski definition) is 4. The van der Waals surface area contributed by atoms with Gasteiger partial charge in [-0.05, 0) is 30.3 Å². The summed E-state index contributed by atoms with van der Waals surface area (Å²) >= 11 is 11.8. The Bertz CT molecular complexity index is 760. The average Bonchev–Trinajstić information content (AvgIpc) is 2.33. The van der Waals surface area contributed by atoms with Crippen molar-refractivity contribution in [2.45, 2.75) is 4.90 Å². The molecule has 7 heteroatoms.